The Morgan fingerprint density at radius 1 is 1.06 bits per heavy atom. The van der Waals surface area contributed by atoms with E-state index in [2.05, 4.69) is 112 Å². The van der Waals surface area contributed by atoms with Crippen LogP contribution in [0.4, 0.5) is 5.82 Å². The number of aromatic nitrogens is 2. The van der Waals surface area contributed by atoms with E-state index in [4.69, 9.17) is 9.97 Å². The number of benzene rings is 2. The predicted octanol–water partition coefficient (Wildman–Crippen LogP) is 7.89. The summed E-state index contributed by atoms with van der Waals surface area (Å²) in [6.45, 7) is 8.80. The van der Waals surface area contributed by atoms with E-state index in [1.54, 1.807) is 0 Å². The van der Waals surface area contributed by atoms with Crippen LogP contribution in [0.15, 0.2) is 102 Å². The van der Waals surface area contributed by atoms with Crippen LogP contribution in [0.5, 0.6) is 0 Å². The number of nitrogens with zero attached hydrogens (tertiary/aromatic N) is 2. The zero-order valence-corrected chi connectivity index (χ0v) is 21.1. The average Bonchev–Trinajstić information content (AvgIpc) is 3.31. The summed E-state index contributed by atoms with van der Waals surface area (Å²) in [4.78, 5) is 10.0. The van der Waals surface area contributed by atoms with E-state index in [-0.39, 0.29) is 5.41 Å². The number of nitrogens with one attached hydrogen (secondary N) is 1. The van der Waals surface area contributed by atoms with E-state index in [1.807, 2.05) is 6.20 Å². The van der Waals surface area contributed by atoms with Gasteiger partial charge >= 0.3 is 0 Å². The molecule has 2 aliphatic rings. The van der Waals surface area contributed by atoms with Crippen molar-refractivity contribution in [2.24, 2.45) is 5.41 Å². The fourth-order valence-corrected chi connectivity index (χ4v) is 4.81. The molecule has 3 aromatic rings. The number of hydrogen-bond acceptors (Lipinski definition) is 3. The van der Waals surface area contributed by atoms with E-state index in [0.29, 0.717) is 0 Å². The number of aryl methyl sites for hydroxylation is 2. The predicted molar refractivity (Wildman–Crippen MR) is 146 cm³/mol. The third-order valence-corrected chi connectivity index (χ3v) is 6.55. The summed E-state index contributed by atoms with van der Waals surface area (Å²) < 4.78 is 0. The molecule has 2 aliphatic carbocycles. The van der Waals surface area contributed by atoms with E-state index >= 15 is 0 Å². The van der Waals surface area contributed by atoms with E-state index in [9.17, 15) is 0 Å². The highest BCUT2D eigenvalue weighted by atomic mass is 15.0. The van der Waals surface area contributed by atoms with Crippen LogP contribution in [0, 0.1) is 19.3 Å². The molecule has 3 heteroatoms. The van der Waals surface area contributed by atoms with E-state index in [1.165, 1.54) is 27.8 Å². The fourth-order valence-electron chi connectivity index (χ4n) is 4.81. The third kappa shape index (κ3) is 5.51. The molecular formula is C32H33N3. The number of anilines is 1. The zero-order valence-electron chi connectivity index (χ0n) is 21.1. The Hall–Kier alpha value is -3.72. The summed E-state index contributed by atoms with van der Waals surface area (Å²) in [5.74, 6) is 0.825. The van der Waals surface area contributed by atoms with Crippen molar-refractivity contribution in [1.29, 1.82) is 0 Å². The molecule has 2 aromatic carbocycles. The highest BCUT2D eigenvalue weighted by Gasteiger charge is 2.29. The maximum absolute atomic E-state index is 5.13. The Morgan fingerprint density at radius 3 is 2.51 bits per heavy atom. The molecule has 1 N–H and O–H groups in total. The van der Waals surface area contributed by atoms with Crippen molar-refractivity contribution in [3.8, 4) is 11.3 Å². The summed E-state index contributed by atoms with van der Waals surface area (Å²) >= 11 is 0. The largest absolute Gasteiger partial charge is 0.338 e. The highest BCUT2D eigenvalue weighted by Crippen LogP contribution is 2.42. The molecule has 0 amide bonds. The minimum Gasteiger partial charge on any atom is -0.338 e. The second-order valence-corrected chi connectivity index (χ2v) is 10.5. The van der Waals surface area contributed by atoms with Crippen molar-refractivity contribution in [1.82, 2.24) is 9.97 Å². The Balaban J connectivity index is 1.54. The minimum atomic E-state index is 0.240. The Morgan fingerprint density at radius 2 is 1.83 bits per heavy atom. The fraction of sp³-hybridized carbons (Fsp3) is 0.250. The molecular weight excluding hydrogens is 426 g/mol. The van der Waals surface area contributed by atoms with Crippen LogP contribution in [0.2, 0.25) is 0 Å². The Kier molecular flexibility index (Phi) is 6.25. The standard InChI is InChI=1S/C32H33N3/c1-22-9-7-13-25(15-22)18-29-31(33-21-30(34-29)26-14-8-10-23(2)16-26)35-28(17-24-11-5-6-12-24)27-19-32(3,4)20-27/h5-11,13-17,19,21H,12,18,20H2,1-4H3,(H,33,35)/b28-17-. The lowest BCUT2D eigenvalue weighted by Gasteiger charge is -2.34. The Labute approximate surface area is 209 Å². The van der Waals surface area contributed by atoms with Gasteiger partial charge in [0.25, 0.3) is 0 Å². The first kappa shape index (κ1) is 23.0. The van der Waals surface area contributed by atoms with Crippen molar-refractivity contribution >= 4 is 5.82 Å². The second-order valence-electron chi connectivity index (χ2n) is 10.5. The first-order chi connectivity index (χ1) is 16.8. The van der Waals surface area contributed by atoms with Crippen LogP contribution in [0.1, 0.15) is 49.1 Å². The summed E-state index contributed by atoms with van der Waals surface area (Å²) in [5, 5.41) is 3.69. The quantitative estimate of drug-likeness (QED) is 0.390. The van der Waals surface area contributed by atoms with Gasteiger partial charge in [0.1, 0.15) is 0 Å². The van der Waals surface area contributed by atoms with Crippen molar-refractivity contribution in [2.45, 2.75) is 47.0 Å². The molecule has 0 aliphatic heterocycles. The van der Waals surface area contributed by atoms with Gasteiger partial charge in [-0.25, -0.2) is 9.97 Å². The molecule has 3 nitrogen and oxygen atoms in total. The van der Waals surface area contributed by atoms with Gasteiger partial charge in [-0.3, -0.25) is 0 Å². The molecule has 1 aromatic heterocycles. The number of allylic oxidation sites excluding steroid dienone is 7. The molecule has 5 rings (SSSR count). The zero-order chi connectivity index (χ0) is 24.4. The number of rotatable bonds is 7. The SMILES string of the molecule is Cc1cccc(Cc2nc(-c3cccc(C)c3)cnc2N/C(=C\C2=CC=CC2)C2=CC(C)(C)C2)c1. The molecule has 35 heavy (non-hydrogen) atoms. The third-order valence-electron chi connectivity index (χ3n) is 6.55. The van der Waals surface area contributed by atoms with Crippen molar-refractivity contribution in [2.75, 3.05) is 5.32 Å². The average molecular weight is 460 g/mol. The van der Waals surface area contributed by atoms with Crippen LogP contribution in [-0.4, -0.2) is 9.97 Å². The molecule has 176 valence electrons. The van der Waals surface area contributed by atoms with Gasteiger partial charge in [0.05, 0.1) is 17.6 Å². The highest BCUT2D eigenvalue weighted by molar-refractivity contribution is 5.63. The molecule has 0 radical (unpaired) electrons. The van der Waals surface area contributed by atoms with Gasteiger partial charge in [0.2, 0.25) is 0 Å². The summed E-state index contributed by atoms with van der Waals surface area (Å²) in [6, 6.07) is 17.1. The normalized spacial score (nSPS) is 16.5. The molecule has 0 unspecified atom stereocenters. The summed E-state index contributed by atoms with van der Waals surface area (Å²) in [7, 11) is 0. The van der Waals surface area contributed by atoms with Crippen LogP contribution >= 0.6 is 0 Å². The lowest BCUT2D eigenvalue weighted by Crippen LogP contribution is -2.23. The van der Waals surface area contributed by atoms with E-state index < -0.39 is 0 Å². The Bertz CT molecular complexity index is 1390. The summed E-state index contributed by atoms with van der Waals surface area (Å²) in [6.07, 6.45) is 15.8. The molecule has 0 atom stereocenters. The van der Waals surface area contributed by atoms with Gasteiger partial charge in [-0.2, -0.15) is 0 Å². The van der Waals surface area contributed by atoms with Gasteiger partial charge in [-0.1, -0.05) is 91.7 Å². The van der Waals surface area contributed by atoms with Crippen LogP contribution < -0.4 is 5.32 Å². The monoisotopic (exact) mass is 459 g/mol. The van der Waals surface area contributed by atoms with Gasteiger partial charge in [0.15, 0.2) is 5.82 Å². The maximum Gasteiger partial charge on any atom is 0.152 e. The molecule has 0 fully saturated rings. The van der Waals surface area contributed by atoms with Crippen LogP contribution in [-0.2, 0) is 6.42 Å². The van der Waals surface area contributed by atoms with Crippen LogP contribution in [0.25, 0.3) is 11.3 Å². The molecule has 0 saturated heterocycles. The van der Waals surface area contributed by atoms with Gasteiger partial charge in [-0.15, -0.1) is 0 Å². The van der Waals surface area contributed by atoms with Gasteiger partial charge in [-0.05, 0) is 61.0 Å². The summed E-state index contributed by atoms with van der Waals surface area (Å²) in [5.41, 5.74) is 10.7. The van der Waals surface area contributed by atoms with Crippen molar-refractivity contribution < 1.29 is 0 Å². The second kappa shape index (κ2) is 9.50. The lowest BCUT2D eigenvalue weighted by molar-refractivity contribution is 0.423. The van der Waals surface area contributed by atoms with Crippen molar-refractivity contribution in [3.05, 3.63) is 124 Å². The smallest absolute Gasteiger partial charge is 0.152 e. The van der Waals surface area contributed by atoms with Crippen molar-refractivity contribution in [3.63, 3.8) is 0 Å². The van der Waals surface area contributed by atoms with E-state index in [0.717, 1.165) is 47.7 Å². The molecule has 1 heterocycles. The molecule has 0 saturated carbocycles. The van der Waals surface area contributed by atoms with Crippen LogP contribution in [0.3, 0.4) is 0 Å². The van der Waals surface area contributed by atoms with Gasteiger partial charge in [0, 0.05) is 17.7 Å². The topological polar surface area (TPSA) is 37.8 Å². The lowest BCUT2D eigenvalue weighted by atomic mass is 9.73. The van der Waals surface area contributed by atoms with Gasteiger partial charge < -0.3 is 5.32 Å². The molecule has 0 spiro atoms. The first-order valence-corrected chi connectivity index (χ1v) is 12.4. The minimum absolute atomic E-state index is 0.240. The maximum atomic E-state index is 5.13. The first-order valence-electron chi connectivity index (χ1n) is 12.4. The number of hydrogen-bond donors (Lipinski definition) is 1. The molecule has 0 bridgehead atoms.